The molecule has 5 aromatic heterocycles. The molecular weight excluding hydrogens is 405 g/mol. The first-order chi connectivity index (χ1) is 12.5. The fourth-order valence-corrected chi connectivity index (χ4v) is 4.41. The lowest BCUT2D eigenvalue weighted by Gasteiger charge is -2.13. The first-order valence-corrected chi connectivity index (χ1v) is 8.53. The van der Waals surface area contributed by atoms with E-state index >= 15 is 0 Å². The highest BCUT2D eigenvalue weighted by atomic mass is 79.9. The van der Waals surface area contributed by atoms with Crippen LogP contribution in [0.3, 0.4) is 0 Å². The molecule has 0 N–H and O–H groups in total. The van der Waals surface area contributed by atoms with Gasteiger partial charge in [-0.15, -0.1) is 0 Å². The molecule has 0 fully saturated rings. The zero-order valence-corrected chi connectivity index (χ0v) is 15.3. The van der Waals surface area contributed by atoms with Crippen molar-refractivity contribution in [1.29, 1.82) is 0 Å². The summed E-state index contributed by atoms with van der Waals surface area (Å²) in [6.07, 6.45) is 4.32. The smallest absolute Gasteiger partial charge is 0.264 e. The van der Waals surface area contributed by atoms with Crippen molar-refractivity contribution in [2.75, 3.05) is 7.11 Å². The predicted molar refractivity (Wildman–Crippen MR) is 99.4 cm³/mol. The molecule has 0 unspecified atom stereocenters. The van der Waals surface area contributed by atoms with Gasteiger partial charge in [-0.1, -0.05) is 0 Å². The van der Waals surface area contributed by atoms with Crippen LogP contribution in [0.25, 0.3) is 38.4 Å². The summed E-state index contributed by atoms with van der Waals surface area (Å²) in [4.78, 5) is 17.3. The number of fused-ring (bicyclic) bond motifs is 2. The molecule has 0 aromatic carbocycles. The molecule has 8 heteroatoms. The van der Waals surface area contributed by atoms with Crippen molar-refractivity contribution >= 4 is 54.4 Å². The number of hydrogen-bond acceptors (Lipinski definition) is 4. The van der Waals surface area contributed by atoms with Gasteiger partial charge in [-0.3, -0.25) is 9.78 Å². The number of hydrogen-bond donors (Lipinski definition) is 0. The van der Waals surface area contributed by atoms with Crippen molar-refractivity contribution < 1.29 is 13.5 Å². The number of pyridine rings is 1. The number of methoxy groups -OCH3 is 1. The topological polar surface area (TPSA) is 61.7 Å². The van der Waals surface area contributed by atoms with Gasteiger partial charge in [-0.25, -0.2) is 4.39 Å². The van der Waals surface area contributed by atoms with Gasteiger partial charge in [0.15, 0.2) is 11.6 Å². The second-order valence-corrected chi connectivity index (χ2v) is 6.82. The van der Waals surface area contributed by atoms with E-state index < -0.39 is 5.82 Å². The van der Waals surface area contributed by atoms with E-state index in [0.29, 0.717) is 48.6 Å². The second kappa shape index (κ2) is 5.07. The van der Waals surface area contributed by atoms with Crippen LogP contribution in [0.4, 0.5) is 4.39 Å². The molecule has 0 amide bonds. The molecular formula is C18H11BrFN3O3. The van der Waals surface area contributed by atoms with E-state index in [2.05, 4.69) is 20.9 Å². The molecule has 5 heterocycles. The van der Waals surface area contributed by atoms with Crippen LogP contribution >= 0.6 is 15.9 Å². The van der Waals surface area contributed by atoms with Crippen LogP contribution in [0.1, 0.15) is 0 Å². The first kappa shape index (κ1) is 15.4. The molecule has 5 rings (SSSR count). The predicted octanol–water partition coefficient (Wildman–Crippen LogP) is 4.00. The first-order valence-electron chi connectivity index (χ1n) is 7.74. The minimum Gasteiger partial charge on any atom is -0.493 e. The van der Waals surface area contributed by atoms with Gasteiger partial charge in [0.1, 0.15) is 22.7 Å². The molecule has 0 saturated carbocycles. The Hall–Kier alpha value is -2.87. The van der Waals surface area contributed by atoms with E-state index in [4.69, 9.17) is 9.15 Å². The van der Waals surface area contributed by atoms with Crippen LogP contribution in [-0.2, 0) is 7.05 Å². The Labute approximate surface area is 153 Å². The number of rotatable bonds is 1. The van der Waals surface area contributed by atoms with Crippen LogP contribution in [-0.4, -0.2) is 21.1 Å². The maximum absolute atomic E-state index is 13.8. The molecule has 130 valence electrons. The van der Waals surface area contributed by atoms with E-state index in [9.17, 15) is 9.18 Å². The highest BCUT2D eigenvalue weighted by molar-refractivity contribution is 9.10. The maximum atomic E-state index is 13.8. The zero-order valence-electron chi connectivity index (χ0n) is 13.7. The number of aryl methyl sites for hydroxylation is 1. The molecule has 0 aliphatic heterocycles. The lowest BCUT2D eigenvalue weighted by molar-refractivity contribution is 0.416. The van der Waals surface area contributed by atoms with Gasteiger partial charge >= 0.3 is 0 Å². The van der Waals surface area contributed by atoms with Gasteiger partial charge in [0.25, 0.3) is 5.56 Å². The third kappa shape index (κ3) is 1.74. The summed E-state index contributed by atoms with van der Waals surface area (Å²) in [5.74, 6) is 0.0379. The van der Waals surface area contributed by atoms with Crippen LogP contribution in [0.5, 0.6) is 5.75 Å². The van der Waals surface area contributed by atoms with Crippen molar-refractivity contribution in [2.24, 2.45) is 7.05 Å². The third-order valence-electron chi connectivity index (χ3n) is 4.66. The van der Waals surface area contributed by atoms with Crippen molar-refractivity contribution in [3.63, 3.8) is 0 Å². The summed E-state index contributed by atoms with van der Waals surface area (Å²) in [6, 6.07) is 3.09. The minimum absolute atomic E-state index is 0.238. The summed E-state index contributed by atoms with van der Waals surface area (Å²) in [5, 5.41) is 0.847. The Kier molecular flexibility index (Phi) is 3.00. The van der Waals surface area contributed by atoms with Crippen LogP contribution in [0.2, 0.25) is 0 Å². The minimum atomic E-state index is -0.519. The van der Waals surface area contributed by atoms with E-state index in [0.717, 1.165) is 6.26 Å². The number of nitrogens with zero attached hydrogens (tertiary/aromatic N) is 3. The largest absolute Gasteiger partial charge is 0.493 e. The molecule has 0 saturated heterocycles. The molecule has 0 spiro atoms. The van der Waals surface area contributed by atoms with E-state index in [1.807, 2.05) is 4.40 Å². The van der Waals surface area contributed by atoms with E-state index in [-0.39, 0.29) is 5.56 Å². The number of aromatic nitrogens is 3. The Balaban J connectivity index is 2.32. The highest BCUT2D eigenvalue weighted by Gasteiger charge is 2.24. The summed E-state index contributed by atoms with van der Waals surface area (Å²) in [6.45, 7) is 0. The van der Waals surface area contributed by atoms with Gasteiger partial charge < -0.3 is 18.1 Å². The zero-order chi connectivity index (χ0) is 18.2. The normalized spacial score (nSPS) is 12.0. The molecule has 0 bridgehead atoms. The Morgan fingerprint density at radius 3 is 2.85 bits per heavy atom. The quantitative estimate of drug-likeness (QED) is 0.415. The Bertz CT molecular complexity index is 1430. The number of ether oxygens (including phenoxy) is 1. The van der Waals surface area contributed by atoms with Crippen LogP contribution in [0.15, 0.2) is 44.5 Å². The van der Waals surface area contributed by atoms with Crippen molar-refractivity contribution in [3.05, 3.63) is 51.4 Å². The third-order valence-corrected chi connectivity index (χ3v) is 5.40. The van der Waals surface area contributed by atoms with Crippen molar-refractivity contribution in [3.8, 4) is 5.75 Å². The van der Waals surface area contributed by atoms with Gasteiger partial charge in [0, 0.05) is 12.4 Å². The van der Waals surface area contributed by atoms with Crippen LogP contribution < -0.4 is 10.3 Å². The fourth-order valence-electron chi connectivity index (χ4n) is 3.59. The van der Waals surface area contributed by atoms with Crippen molar-refractivity contribution in [1.82, 2.24) is 14.0 Å². The molecule has 5 aromatic rings. The Morgan fingerprint density at radius 2 is 2.08 bits per heavy atom. The number of halogens is 2. The summed E-state index contributed by atoms with van der Waals surface area (Å²) in [7, 11) is 3.24. The van der Waals surface area contributed by atoms with Crippen LogP contribution in [0, 0.1) is 5.82 Å². The highest BCUT2D eigenvalue weighted by Crippen LogP contribution is 2.40. The SMILES string of the molecule is COc1c(Br)c2c3c(c(=O)n2C)c2occ(F)cc2cc2cncc1n23. The summed E-state index contributed by atoms with van der Waals surface area (Å²) in [5.41, 5.74) is 2.77. The molecule has 0 aliphatic rings. The molecule has 0 aliphatic carbocycles. The summed E-state index contributed by atoms with van der Waals surface area (Å²) < 4.78 is 28.9. The van der Waals surface area contributed by atoms with Gasteiger partial charge in [0.2, 0.25) is 0 Å². The average Bonchev–Trinajstić information content (AvgIpc) is 2.79. The van der Waals surface area contributed by atoms with E-state index in [1.165, 1.54) is 10.6 Å². The maximum Gasteiger partial charge on any atom is 0.264 e. The average molecular weight is 416 g/mol. The van der Waals surface area contributed by atoms with Gasteiger partial charge in [-0.05, 0) is 28.1 Å². The monoisotopic (exact) mass is 415 g/mol. The van der Waals surface area contributed by atoms with Crippen molar-refractivity contribution in [2.45, 2.75) is 0 Å². The fraction of sp³-hybridized carbons (Fsp3) is 0.111. The van der Waals surface area contributed by atoms with Gasteiger partial charge in [0.05, 0.1) is 40.5 Å². The summed E-state index contributed by atoms with van der Waals surface area (Å²) >= 11 is 3.56. The molecule has 6 nitrogen and oxygen atoms in total. The lowest BCUT2D eigenvalue weighted by atomic mass is 10.2. The molecule has 0 atom stereocenters. The standard InChI is InChI=1S/C18H11BrFN3O3/c1-22-15-13(19)17(25-2)11-6-21-5-10-4-8-3-9(20)7-26-16(8)12(18(22)24)14(15)23(10)11/h3-7H,1-2H3. The van der Waals surface area contributed by atoms with Gasteiger partial charge in [-0.2, -0.15) is 0 Å². The molecule has 0 radical (unpaired) electrons. The second-order valence-electron chi connectivity index (χ2n) is 6.03. The van der Waals surface area contributed by atoms with E-state index in [1.54, 1.807) is 32.6 Å². The molecule has 26 heavy (non-hydrogen) atoms. The Morgan fingerprint density at radius 1 is 1.27 bits per heavy atom. The lowest BCUT2D eigenvalue weighted by Crippen LogP contribution is -2.10.